The Morgan fingerprint density at radius 2 is 2.27 bits per heavy atom. The Kier molecular flexibility index (Phi) is 4.28. The summed E-state index contributed by atoms with van der Waals surface area (Å²) in [5, 5.41) is 3.01. The molecule has 15 heavy (non-hydrogen) atoms. The van der Waals surface area contributed by atoms with Crippen LogP contribution in [0.3, 0.4) is 0 Å². The third-order valence-corrected chi connectivity index (χ3v) is 3.92. The predicted molar refractivity (Wildman–Crippen MR) is 59.3 cm³/mol. The van der Waals surface area contributed by atoms with E-state index in [4.69, 9.17) is 0 Å². The highest BCUT2D eigenvalue weighted by molar-refractivity contribution is 7.91. The molecule has 0 atom stereocenters. The predicted octanol–water partition coefficient (Wildman–Crippen LogP) is 0.0372. The Labute approximate surface area is 90.4 Å². The quantitative estimate of drug-likeness (QED) is 0.750. The van der Waals surface area contributed by atoms with Crippen molar-refractivity contribution in [2.24, 2.45) is 0 Å². The molecule has 1 N–H and O–H groups in total. The average Bonchev–Trinajstić information content (AvgIpc) is 2.64. The Bertz CT molecular complexity index is 397. The lowest BCUT2D eigenvalue weighted by atomic mass is 10.4. The van der Waals surface area contributed by atoms with Crippen LogP contribution in [0.2, 0.25) is 0 Å². The fourth-order valence-corrected chi connectivity index (χ4v) is 2.02. The van der Waals surface area contributed by atoms with Gasteiger partial charge in [0.05, 0.1) is 17.8 Å². The third kappa shape index (κ3) is 3.64. The molecule has 0 bridgehead atoms. The second-order valence-corrected chi connectivity index (χ2v) is 5.82. The molecule has 0 amide bonds. The van der Waals surface area contributed by atoms with Gasteiger partial charge in [-0.05, 0) is 7.05 Å². The van der Waals surface area contributed by atoms with E-state index in [-0.39, 0.29) is 11.5 Å². The lowest BCUT2D eigenvalue weighted by Gasteiger charge is -2.07. The topological polar surface area (TPSA) is 64.0 Å². The first-order valence-electron chi connectivity index (χ1n) is 4.93. The second kappa shape index (κ2) is 5.27. The summed E-state index contributed by atoms with van der Waals surface area (Å²) in [7, 11) is -1.05. The van der Waals surface area contributed by atoms with Gasteiger partial charge in [-0.25, -0.2) is 13.4 Å². The summed E-state index contributed by atoms with van der Waals surface area (Å²) in [5.74, 6) is 0.375. The van der Waals surface area contributed by atoms with Crippen molar-refractivity contribution in [3.05, 3.63) is 18.2 Å². The number of nitrogens with zero attached hydrogens (tertiary/aromatic N) is 2. The maximum atomic E-state index is 11.3. The molecule has 0 saturated heterocycles. The van der Waals surface area contributed by atoms with Crippen LogP contribution in [-0.4, -0.2) is 36.5 Å². The van der Waals surface area contributed by atoms with Crippen molar-refractivity contribution in [1.82, 2.24) is 14.9 Å². The van der Waals surface area contributed by atoms with Gasteiger partial charge in [-0.1, -0.05) is 6.92 Å². The first-order valence-corrected chi connectivity index (χ1v) is 6.75. The van der Waals surface area contributed by atoms with Crippen molar-refractivity contribution < 1.29 is 8.42 Å². The van der Waals surface area contributed by atoms with Crippen LogP contribution >= 0.6 is 0 Å². The second-order valence-electron chi connectivity index (χ2n) is 3.35. The fourth-order valence-electron chi connectivity index (χ4n) is 1.26. The SMILES string of the molecule is CCS(=O)(=O)CCn1cncc1CNC. The number of sulfone groups is 1. The molecule has 0 unspecified atom stereocenters. The summed E-state index contributed by atoms with van der Waals surface area (Å²) < 4.78 is 24.5. The zero-order chi connectivity index (χ0) is 11.3. The Morgan fingerprint density at radius 1 is 1.53 bits per heavy atom. The van der Waals surface area contributed by atoms with Crippen LogP contribution in [0.5, 0.6) is 0 Å². The van der Waals surface area contributed by atoms with Crippen molar-refractivity contribution in [3.63, 3.8) is 0 Å². The molecule has 0 fully saturated rings. The van der Waals surface area contributed by atoms with Gasteiger partial charge < -0.3 is 9.88 Å². The highest BCUT2D eigenvalue weighted by atomic mass is 32.2. The van der Waals surface area contributed by atoms with Gasteiger partial charge in [0.2, 0.25) is 0 Å². The molecular formula is C9H17N3O2S. The minimum Gasteiger partial charge on any atom is -0.332 e. The minimum atomic E-state index is -2.90. The number of hydrogen-bond donors (Lipinski definition) is 1. The lowest BCUT2D eigenvalue weighted by molar-refractivity contribution is 0.586. The van der Waals surface area contributed by atoms with Gasteiger partial charge in [-0.3, -0.25) is 0 Å². The fraction of sp³-hybridized carbons (Fsp3) is 0.667. The number of imidazole rings is 1. The zero-order valence-electron chi connectivity index (χ0n) is 9.10. The van der Waals surface area contributed by atoms with E-state index in [1.807, 2.05) is 11.6 Å². The van der Waals surface area contributed by atoms with E-state index in [9.17, 15) is 8.42 Å². The molecule has 6 heteroatoms. The van der Waals surface area contributed by atoms with Crippen LogP contribution in [0, 0.1) is 0 Å². The van der Waals surface area contributed by atoms with Gasteiger partial charge in [0.25, 0.3) is 0 Å². The molecule has 0 saturated carbocycles. The van der Waals surface area contributed by atoms with Crippen LogP contribution in [0.4, 0.5) is 0 Å². The van der Waals surface area contributed by atoms with Crippen LogP contribution in [-0.2, 0) is 22.9 Å². The van der Waals surface area contributed by atoms with Crippen molar-refractivity contribution in [2.45, 2.75) is 20.0 Å². The smallest absolute Gasteiger partial charge is 0.151 e. The average molecular weight is 231 g/mol. The summed E-state index contributed by atoms with van der Waals surface area (Å²) in [6.07, 6.45) is 3.41. The molecule has 0 radical (unpaired) electrons. The first kappa shape index (κ1) is 12.2. The molecule has 0 aliphatic rings. The molecule has 0 aromatic carbocycles. The molecule has 0 aliphatic carbocycles. The Balaban J connectivity index is 2.61. The molecule has 1 heterocycles. The number of nitrogens with one attached hydrogen (secondary N) is 1. The van der Waals surface area contributed by atoms with Crippen molar-refractivity contribution >= 4 is 9.84 Å². The standard InChI is InChI=1S/C9H17N3O2S/c1-3-15(13,14)5-4-12-8-11-7-9(12)6-10-2/h7-8,10H,3-6H2,1-2H3. The monoisotopic (exact) mass is 231 g/mol. The van der Waals surface area contributed by atoms with Crippen molar-refractivity contribution in [3.8, 4) is 0 Å². The summed E-state index contributed by atoms with van der Waals surface area (Å²) in [6, 6.07) is 0. The van der Waals surface area contributed by atoms with E-state index in [0.29, 0.717) is 13.1 Å². The summed E-state index contributed by atoms with van der Waals surface area (Å²) in [4.78, 5) is 4.00. The van der Waals surface area contributed by atoms with Gasteiger partial charge in [0, 0.05) is 25.0 Å². The molecule has 1 aromatic heterocycles. The molecule has 0 aliphatic heterocycles. The maximum Gasteiger partial charge on any atom is 0.151 e. The Hall–Kier alpha value is -0.880. The van der Waals surface area contributed by atoms with E-state index >= 15 is 0 Å². The molecule has 0 spiro atoms. The van der Waals surface area contributed by atoms with Crippen LogP contribution in [0.25, 0.3) is 0 Å². The maximum absolute atomic E-state index is 11.3. The Morgan fingerprint density at radius 3 is 2.87 bits per heavy atom. The number of hydrogen-bond acceptors (Lipinski definition) is 4. The van der Waals surface area contributed by atoms with Gasteiger partial charge in [0.15, 0.2) is 9.84 Å². The van der Waals surface area contributed by atoms with Gasteiger partial charge in [-0.15, -0.1) is 0 Å². The van der Waals surface area contributed by atoms with Gasteiger partial charge in [-0.2, -0.15) is 0 Å². The van der Waals surface area contributed by atoms with Gasteiger partial charge in [0.1, 0.15) is 0 Å². The number of aromatic nitrogens is 2. The van der Waals surface area contributed by atoms with E-state index < -0.39 is 9.84 Å². The molecule has 5 nitrogen and oxygen atoms in total. The zero-order valence-corrected chi connectivity index (χ0v) is 9.92. The molecule has 1 rings (SSSR count). The highest BCUT2D eigenvalue weighted by Crippen LogP contribution is 2.00. The largest absolute Gasteiger partial charge is 0.332 e. The molecule has 1 aromatic rings. The molecule has 86 valence electrons. The van der Waals surface area contributed by atoms with Crippen molar-refractivity contribution in [2.75, 3.05) is 18.6 Å². The van der Waals surface area contributed by atoms with Crippen molar-refractivity contribution in [1.29, 1.82) is 0 Å². The van der Waals surface area contributed by atoms with Crippen LogP contribution in [0.1, 0.15) is 12.6 Å². The summed E-state index contributed by atoms with van der Waals surface area (Å²) in [6.45, 7) is 2.84. The van der Waals surface area contributed by atoms with E-state index in [1.165, 1.54) is 0 Å². The van der Waals surface area contributed by atoms with Crippen LogP contribution in [0.15, 0.2) is 12.5 Å². The number of rotatable bonds is 6. The highest BCUT2D eigenvalue weighted by Gasteiger charge is 2.08. The third-order valence-electron chi connectivity index (χ3n) is 2.24. The van der Waals surface area contributed by atoms with Gasteiger partial charge >= 0.3 is 0 Å². The van der Waals surface area contributed by atoms with E-state index in [2.05, 4.69) is 10.3 Å². The number of aryl methyl sites for hydroxylation is 1. The minimum absolute atomic E-state index is 0.177. The summed E-state index contributed by atoms with van der Waals surface area (Å²) in [5.41, 5.74) is 1.00. The van der Waals surface area contributed by atoms with E-state index in [1.54, 1.807) is 19.4 Å². The normalized spacial score (nSPS) is 11.9. The van der Waals surface area contributed by atoms with E-state index in [0.717, 1.165) is 5.69 Å². The lowest BCUT2D eigenvalue weighted by Crippen LogP contribution is -2.17. The molecular weight excluding hydrogens is 214 g/mol. The van der Waals surface area contributed by atoms with Crippen LogP contribution < -0.4 is 5.32 Å². The summed E-state index contributed by atoms with van der Waals surface area (Å²) >= 11 is 0. The first-order chi connectivity index (χ1) is 7.09.